The zero-order valence-corrected chi connectivity index (χ0v) is 11.5. The van der Waals surface area contributed by atoms with Crippen LogP contribution in [0.25, 0.3) is 10.8 Å². The molecule has 2 aromatic rings. The van der Waals surface area contributed by atoms with Gasteiger partial charge in [-0.3, -0.25) is 9.59 Å². The Hall–Kier alpha value is -2.01. The number of hydrogen-bond donors (Lipinski definition) is 2. The van der Waals surface area contributed by atoms with E-state index in [1.807, 2.05) is 42.5 Å². The van der Waals surface area contributed by atoms with Crippen molar-refractivity contribution in [3.05, 3.63) is 42.5 Å². The first-order valence-electron chi connectivity index (χ1n) is 6.12. The number of carbonyl (C=O) groups is 2. The minimum Gasteiger partial charge on any atom is -0.481 e. The van der Waals surface area contributed by atoms with Crippen molar-refractivity contribution in [3.8, 4) is 0 Å². The molecular weight excluding hydrogens is 276 g/mol. The third-order valence-electron chi connectivity index (χ3n) is 2.94. The number of rotatable bonds is 6. The van der Waals surface area contributed by atoms with Crippen LogP contribution in [0.2, 0.25) is 0 Å². The molecule has 0 fully saturated rings. The van der Waals surface area contributed by atoms with Gasteiger partial charge in [0.25, 0.3) is 0 Å². The summed E-state index contributed by atoms with van der Waals surface area (Å²) in [6.45, 7) is 0. The molecule has 20 heavy (non-hydrogen) atoms. The van der Waals surface area contributed by atoms with Crippen LogP contribution in [0.4, 0.5) is 0 Å². The highest BCUT2D eigenvalue weighted by molar-refractivity contribution is 7.99. The Labute approximate surface area is 120 Å². The molecule has 2 aromatic carbocycles. The monoisotopic (exact) mass is 290 g/mol. The summed E-state index contributed by atoms with van der Waals surface area (Å²) >= 11 is 1.37. The molecule has 0 heterocycles. The van der Waals surface area contributed by atoms with Crippen molar-refractivity contribution in [3.63, 3.8) is 0 Å². The van der Waals surface area contributed by atoms with Crippen LogP contribution in [-0.2, 0) is 9.59 Å². The van der Waals surface area contributed by atoms with Gasteiger partial charge in [0.15, 0.2) is 0 Å². The summed E-state index contributed by atoms with van der Waals surface area (Å²) in [5.41, 5.74) is 0. The van der Waals surface area contributed by atoms with Crippen molar-refractivity contribution in [1.82, 2.24) is 0 Å². The fourth-order valence-electron chi connectivity index (χ4n) is 1.88. The van der Waals surface area contributed by atoms with Crippen LogP contribution in [0, 0.1) is 5.92 Å². The van der Waals surface area contributed by atoms with Crippen molar-refractivity contribution >= 4 is 34.5 Å². The summed E-state index contributed by atoms with van der Waals surface area (Å²) < 4.78 is 0. The highest BCUT2D eigenvalue weighted by Crippen LogP contribution is 2.26. The van der Waals surface area contributed by atoms with E-state index < -0.39 is 17.9 Å². The smallest absolute Gasteiger partial charge is 0.307 e. The second-order valence-electron chi connectivity index (χ2n) is 4.45. The number of fused-ring (bicyclic) bond motifs is 1. The van der Waals surface area contributed by atoms with Gasteiger partial charge >= 0.3 is 11.9 Å². The van der Waals surface area contributed by atoms with Gasteiger partial charge in [-0.1, -0.05) is 30.3 Å². The summed E-state index contributed by atoms with van der Waals surface area (Å²) in [5, 5.41) is 19.9. The zero-order chi connectivity index (χ0) is 14.5. The molecule has 0 bridgehead atoms. The molecule has 4 nitrogen and oxygen atoms in total. The lowest BCUT2D eigenvalue weighted by molar-refractivity contribution is -0.147. The van der Waals surface area contributed by atoms with E-state index in [9.17, 15) is 9.59 Å². The molecule has 0 aliphatic rings. The molecule has 0 saturated heterocycles. The lowest BCUT2D eigenvalue weighted by Gasteiger charge is -2.09. The molecule has 0 unspecified atom stereocenters. The third-order valence-corrected chi connectivity index (χ3v) is 4.10. The molecule has 2 N–H and O–H groups in total. The number of hydrogen-bond acceptors (Lipinski definition) is 3. The first-order chi connectivity index (χ1) is 9.56. The molecule has 0 aliphatic carbocycles. The van der Waals surface area contributed by atoms with E-state index in [4.69, 9.17) is 10.2 Å². The second-order valence-corrected chi connectivity index (χ2v) is 5.55. The molecule has 0 aliphatic heterocycles. The predicted octanol–water partition coefficient (Wildman–Crippen LogP) is 3.11. The lowest BCUT2D eigenvalue weighted by atomic mass is 10.1. The van der Waals surface area contributed by atoms with Crippen molar-refractivity contribution in [2.24, 2.45) is 5.92 Å². The third kappa shape index (κ3) is 3.74. The SMILES string of the molecule is O=C(O)C[C@@H](CSc1ccc2ccccc2c1)C(=O)O. The fraction of sp³-hybridized carbons (Fsp3) is 0.200. The minimum absolute atomic E-state index is 0.250. The Balaban J connectivity index is 2.07. The molecule has 0 aromatic heterocycles. The van der Waals surface area contributed by atoms with Crippen molar-refractivity contribution < 1.29 is 19.8 Å². The van der Waals surface area contributed by atoms with Gasteiger partial charge in [0, 0.05) is 10.6 Å². The summed E-state index contributed by atoms with van der Waals surface area (Å²) in [5.74, 6) is -2.78. The Morgan fingerprint density at radius 2 is 1.75 bits per heavy atom. The van der Waals surface area contributed by atoms with E-state index in [0.717, 1.165) is 15.7 Å². The normalized spacial score (nSPS) is 12.2. The maximum absolute atomic E-state index is 11.0. The number of carboxylic acid groups (broad SMARTS) is 2. The molecule has 104 valence electrons. The van der Waals surface area contributed by atoms with Crippen LogP contribution in [0.15, 0.2) is 47.4 Å². The Morgan fingerprint density at radius 3 is 2.40 bits per heavy atom. The van der Waals surface area contributed by atoms with Gasteiger partial charge in [0.1, 0.15) is 0 Å². The van der Waals surface area contributed by atoms with Crippen LogP contribution in [-0.4, -0.2) is 27.9 Å². The van der Waals surface area contributed by atoms with Gasteiger partial charge in [-0.15, -0.1) is 11.8 Å². The van der Waals surface area contributed by atoms with Crippen LogP contribution < -0.4 is 0 Å². The van der Waals surface area contributed by atoms with Crippen molar-refractivity contribution in [2.75, 3.05) is 5.75 Å². The summed E-state index contributed by atoms with van der Waals surface area (Å²) in [4.78, 5) is 22.6. The predicted molar refractivity (Wildman–Crippen MR) is 78.1 cm³/mol. The van der Waals surface area contributed by atoms with Crippen molar-refractivity contribution in [1.29, 1.82) is 0 Å². The fourth-order valence-corrected chi connectivity index (χ4v) is 2.91. The van der Waals surface area contributed by atoms with Crippen LogP contribution in [0.3, 0.4) is 0 Å². The van der Waals surface area contributed by atoms with Crippen LogP contribution in [0.5, 0.6) is 0 Å². The van der Waals surface area contributed by atoms with E-state index in [-0.39, 0.29) is 12.2 Å². The molecular formula is C15H14O4S. The highest BCUT2D eigenvalue weighted by atomic mass is 32.2. The zero-order valence-electron chi connectivity index (χ0n) is 10.7. The minimum atomic E-state index is -1.09. The average Bonchev–Trinajstić information content (AvgIpc) is 2.42. The summed E-state index contributed by atoms with van der Waals surface area (Å²) in [6, 6.07) is 13.8. The molecule has 5 heteroatoms. The second kappa shape index (κ2) is 6.43. The first kappa shape index (κ1) is 14.4. The Bertz CT molecular complexity index is 639. The molecule has 0 amide bonds. The number of aliphatic carboxylic acids is 2. The van der Waals surface area contributed by atoms with Crippen LogP contribution in [0.1, 0.15) is 6.42 Å². The quantitative estimate of drug-likeness (QED) is 0.800. The standard InChI is InChI=1S/C15H14O4S/c16-14(17)8-12(15(18)19)9-20-13-6-5-10-3-1-2-4-11(10)7-13/h1-7,12H,8-9H2,(H,16,17)(H,18,19)/t12-/m0/s1. The van der Waals surface area contributed by atoms with E-state index >= 15 is 0 Å². The maximum atomic E-state index is 11.0. The molecule has 2 rings (SSSR count). The summed E-state index contributed by atoms with van der Waals surface area (Å²) in [6.07, 6.45) is -0.351. The number of thioether (sulfide) groups is 1. The van der Waals surface area contributed by atoms with Gasteiger partial charge in [0.05, 0.1) is 12.3 Å². The van der Waals surface area contributed by atoms with E-state index in [1.54, 1.807) is 0 Å². The molecule has 0 radical (unpaired) electrons. The lowest BCUT2D eigenvalue weighted by Crippen LogP contribution is -2.20. The number of benzene rings is 2. The van der Waals surface area contributed by atoms with Gasteiger partial charge in [0.2, 0.25) is 0 Å². The summed E-state index contributed by atoms with van der Waals surface area (Å²) in [7, 11) is 0. The molecule has 0 spiro atoms. The Kier molecular flexibility index (Phi) is 4.63. The van der Waals surface area contributed by atoms with Crippen LogP contribution >= 0.6 is 11.8 Å². The molecule has 0 saturated carbocycles. The first-order valence-corrected chi connectivity index (χ1v) is 7.11. The van der Waals surface area contributed by atoms with Gasteiger partial charge in [-0.2, -0.15) is 0 Å². The largest absolute Gasteiger partial charge is 0.481 e. The van der Waals surface area contributed by atoms with Gasteiger partial charge in [-0.25, -0.2) is 0 Å². The average molecular weight is 290 g/mol. The van der Waals surface area contributed by atoms with E-state index in [2.05, 4.69) is 0 Å². The van der Waals surface area contributed by atoms with E-state index in [1.165, 1.54) is 11.8 Å². The van der Waals surface area contributed by atoms with Gasteiger partial charge < -0.3 is 10.2 Å². The highest BCUT2D eigenvalue weighted by Gasteiger charge is 2.21. The van der Waals surface area contributed by atoms with Gasteiger partial charge in [-0.05, 0) is 22.9 Å². The van der Waals surface area contributed by atoms with Crippen molar-refractivity contribution in [2.45, 2.75) is 11.3 Å². The number of carboxylic acids is 2. The maximum Gasteiger partial charge on any atom is 0.307 e. The van der Waals surface area contributed by atoms with E-state index in [0.29, 0.717) is 0 Å². The molecule has 1 atom stereocenters. The Morgan fingerprint density at radius 1 is 1.05 bits per heavy atom. The topological polar surface area (TPSA) is 74.6 Å².